The topological polar surface area (TPSA) is 4.93 Å². The third-order valence-corrected chi connectivity index (χ3v) is 3.34. The van der Waals surface area contributed by atoms with Gasteiger partial charge in [-0.1, -0.05) is 50.6 Å². The van der Waals surface area contributed by atoms with Gasteiger partial charge >= 0.3 is 0 Å². The van der Waals surface area contributed by atoms with E-state index in [-0.39, 0.29) is 0 Å². The van der Waals surface area contributed by atoms with Crippen LogP contribution in [0.25, 0.3) is 23.9 Å². The van der Waals surface area contributed by atoms with E-state index >= 15 is 0 Å². The third-order valence-electron chi connectivity index (χ3n) is 3.34. The van der Waals surface area contributed by atoms with Crippen molar-refractivity contribution < 1.29 is 0 Å². The molecule has 1 aromatic heterocycles. The summed E-state index contributed by atoms with van der Waals surface area (Å²) in [4.78, 5) is 0. The van der Waals surface area contributed by atoms with Crippen molar-refractivity contribution in [2.75, 3.05) is 0 Å². The molecule has 2 rings (SSSR count). The number of hydrogen-bond donors (Lipinski definition) is 0. The van der Waals surface area contributed by atoms with E-state index in [0.29, 0.717) is 0 Å². The summed E-state index contributed by atoms with van der Waals surface area (Å²) in [6.45, 7) is 15.7. The minimum atomic E-state index is 0.908. The Morgan fingerprint density at radius 3 is 2.63 bits per heavy atom. The summed E-state index contributed by atoms with van der Waals surface area (Å²) >= 11 is 0. The quantitative estimate of drug-likeness (QED) is 0.651. The molecule has 0 fully saturated rings. The van der Waals surface area contributed by atoms with Gasteiger partial charge < -0.3 is 4.57 Å². The summed E-state index contributed by atoms with van der Waals surface area (Å²) in [5, 5.41) is 0. The zero-order chi connectivity index (χ0) is 13.8. The molecule has 1 heterocycles. The van der Waals surface area contributed by atoms with Gasteiger partial charge in [-0.15, -0.1) is 0 Å². The zero-order valence-electron chi connectivity index (χ0n) is 11.2. The molecule has 1 nitrogen and oxygen atoms in total. The van der Waals surface area contributed by atoms with E-state index in [2.05, 4.69) is 43.0 Å². The summed E-state index contributed by atoms with van der Waals surface area (Å²) in [5.41, 5.74) is 5.66. The molecule has 19 heavy (non-hydrogen) atoms. The predicted octanol–water partition coefficient (Wildman–Crippen LogP) is 4.95. The van der Waals surface area contributed by atoms with Crippen LogP contribution >= 0.6 is 0 Å². The van der Waals surface area contributed by atoms with Gasteiger partial charge in [0, 0.05) is 17.0 Å². The Bertz CT molecular complexity index is 606. The SMILES string of the molecule is C=C/C=C\C(=C)n1c(C=C)c(C=C)c2c1C=CCC2. The molecule has 0 aliphatic heterocycles. The summed E-state index contributed by atoms with van der Waals surface area (Å²) in [6, 6.07) is 0. The maximum atomic E-state index is 4.14. The molecule has 0 bridgehead atoms. The predicted molar refractivity (Wildman–Crippen MR) is 86.6 cm³/mol. The van der Waals surface area contributed by atoms with Crippen LogP contribution in [-0.2, 0) is 6.42 Å². The first kappa shape index (κ1) is 13.2. The standard InChI is InChI=1S/C18H19N/c1-5-8-11-14(4)19-17(7-3)15(6-2)16-12-9-10-13-18(16)19/h5-8,10-11,13H,1-4,9,12H2/b11-8-. The Morgan fingerprint density at radius 2 is 2.00 bits per heavy atom. The molecule has 0 aromatic carbocycles. The first-order chi connectivity index (χ1) is 9.24. The van der Waals surface area contributed by atoms with Crippen molar-refractivity contribution in [2.24, 2.45) is 0 Å². The van der Waals surface area contributed by atoms with Crippen molar-refractivity contribution in [3.8, 4) is 0 Å². The van der Waals surface area contributed by atoms with Crippen molar-refractivity contribution in [1.29, 1.82) is 0 Å². The molecule has 0 amide bonds. The van der Waals surface area contributed by atoms with Crippen LogP contribution in [-0.4, -0.2) is 4.57 Å². The second kappa shape index (κ2) is 5.57. The largest absolute Gasteiger partial charge is 0.310 e. The van der Waals surface area contributed by atoms with E-state index in [1.54, 1.807) is 6.08 Å². The highest BCUT2D eigenvalue weighted by atomic mass is 15.0. The van der Waals surface area contributed by atoms with Crippen LogP contribution in [0.1, 0.15) is 28.9 Å². The second-order valence-corrected chi connectivity index (χ2v) is 4.43. The number of rotatable bonds is 5. The van der Waals surface area contributed by atoms with Crippen LogP contribution in [0, 0.1) is 0 Å². The molecule has 0 atom stereocenters. The summed E-state index contributed by atoms with van der Waals surface area (Å²) in [6.07, 6.45) is 15.8. The molecular formula is C18H19N. The fourth-order valence-electron chi connectivity index (χ4n) is 2.53. The van der Waals surface area contributed by atoms with Crippen LogP contribution in [0.4, 0.5) is 0 Å². The second-order valence-electron chi connectivity index (χ2n) is 4.43. The lowest BCUT2D eigenvalue weighted by Gasteiger charge is -2.12. The van der Waals surface area contributed by atoms with E-state index < -0.39 is 0 Å². The van der Waals surface area contributed by atoms with Gasteiger partial charge in [-0.05, 0) is 36.6 Å². The Morgan fingerprint density at radius 1 is 1.21 bits per heavy atom. The molecule has 1 heteroatoms. The number of aromatic nitrogens is 1. The van der Waals surface area contributed by atoms with Crippen LogP contribution < -0.4 is 0 Å². The fraction of sp³-hybridized carbons (Fsp3) is 0.111. The Balaban J connectivity index is 2.69. The minimum Gasteiger partial charge on any atom is -0.310 e. The van der Waals surface area contributed by atoms with Crippen molar-refractivity contribution >= 4 is 23.9 Å². The van der Waals surface area contributed by atoms with Gasteiger partial charge in [0.15, 0.2) is 0 Å². The van der Waals surface area contributed by atoms with Gasteiger partial charge in [0.1, 0.15) is 0 Å². The van der Waals surface area contributed by atoms with Gasteiger partial charge in [0.2, 0.25) is 0 Å². The van der Waals surface area contributed by atoms with E-state index in [0.717, 1.165) is 24.2 Å². The van der Waals surface area contributed by atoms with E-state index in [1.165, 1.54) is 16.8 Å². The van der Waals surface area contributed by atoms with Gasteiger partial charge in [-0.25, -0.2) is 0 Å². The van der Waals surface area contributed by atoms with Crippen LogP contribution in [0.5, 0.6) is 0 Å². The van der Waals surface area contributed by atoms with Crippen molar-refractivity contribution in [2.45, 2.75) is 12.8 Å². The summed E-state index contributed by atoms with van der Waals surface area (Å²) < 4.78 is 2.13. The van der Waals surface area contributed by atoms with E-state index in [4.69, 9.17) is 0 Å². The Kier molecular flexibility index (Phi) is 3.86. The number of hydrogen-bond acceptors (Lipinski definition) is 0. The fourth-order valence-corrected chi connectivity index (χ4v) is 2.53. The van der Waals surface area contributed by atoms with Gasteiger partial charge in [-0.3, -0.25) is 0 Å². The molecule has 1 aromatic rings. The maximum Gasteiger partial charge on any atom is 0.0531 e. The van der Waals surface area contributed by atoms with E-state index in [1.807, 2.05) is 24.3 Å². The number of nitrogens with zero attached hydrogens (tertiary/aromatic N) is 1. The smallest absolute Gasteiger partial charge is 0.0531 e. The zero-order valence-corrected chi connectivity index (χ0v) is 11.2. The molecule has 1 aliphatic carbocycles. The van der Waals surface area contributed by atoms with E-state index in [9.17, 15) is 0 Å². The Hall–Kier alpha value is -2.28. The normalized spacial score (nSPS) is 13.3. The maximum absolute atomic E-state index is 4.14. The molecule has 0 spiro atoms. The number of allylic oxidation sites excluding steroid dienone is 5. The first-order valence-corrected chi connectivity index (χ1v) is 6.42. The van der Waals surface area contributed by atoms with Gasteiger partial charge in [0.05, 0.1) is 5.69 Å². The number of fused-ring (bicyclic) bond motifs is 1. The van der Waals surface area contributed by atoms with Crippen molar-refractivity contribution in [3.05, 3.63) is 73.1 Å². The molecule has 1 aliphatic rings. The molecule has 0 saturated carbocycles. The van der Waals surface area contributed by atoms with Crippen molar-refractivity contribution in [3.63, 3.8) is 0 Å². The molecule has 0 unspecified atom stereocenters. The summed E-state index contributed by atoms with van der Waals surface area (Å²) in [7, 11) is 0. The van der Waals surface area contributed by atoms with Crippen molar-refractivity contribution in [1.82, 2.24) is 4.57 Å². The minimum absolute atomic E-state index is 0.908. The summed E-state index contributed by atoms with van der Waals surface area (Å²) in [5.74, 6) is 0. The molecule has 0 N–H and O–H groups in total. The highest BCUT2D eigenvalue weighted by Crippen LogP contribution is 2.32. The highest BCUT2D eigenvalue weighted by Gasteiger charge is 2.19. The average molecular weight is 249 g/mol. The monoisotopic (exact) mass is 249 g/mol. The third kappa shape index (κ3) is 2.19. The van der Waals surface area contributed by atoms with Crippen LogP contribution in [0.2, 0.25) is 0 Å². The van der Waals surface area contributed by atoms with Crippen LogP contribution in [0.15, 0.2) is 50.6 Å². The van der Waals surface area contributed by atoms with Gasteiger partial charge in [-0.2, -0.15) is 0 Å². The average Bonchev–Trinajstić information content (AvgIpc) is 2.78. The lowest BCUT2D eigenvalue weighted by molar-refractivity contribution is 0.965. The molecular weight excluding hydrogens is 230 g/mol. The molecule has 96 valence electrons. The first-order valence-electron chi connectivity index (χ1n) is 6.42. The van der Waals surface area contributed by atoms with Gasteiger partial charge in [0.25, 0.3) is 0 Å². The lowest BCUT2D eigenvalue weighted by Crippen LogP contribution is -2.01. The van der Waals surface area contributed by atoms with Crippen LogP contribution in [0.3, 0.4) is 0 Å². The highest BCUT2D eigenvalue weighted by molar-refractivity contribution is 5.77. The Labute approximate surface area is 115 Å². The molecule has 0 radical (unpaired) electrons. The molecule has 0 saturated heterocycles. The lowest BCUT2D eigenvalue weighted by atomic mass is 9.99.